The van der Waals surface area contributed by atoms with E-state index in [1.54, 1.807) is 0 Å². The summed E-state index contributed by atoms with van der Waals surface area (Å²) in [5, 5.41) is 9.98. The summed E-state index contributed by atoms with van der Waals surface area (Å²) in [6.07, 6.45) is 7.07. The van der Waals surface area contributed by atoms with Gasteiger partial charge in [0.25, 0.3) is 0 Å². The molecule has 0 unspecified atom stereocenters. The molecule has 0 radical (unpaired) electrons. The fourth-order valence-corrected chi connectivity index (χ4v) is 5.40. The molecule has 0 spiro atoms. The molecule has 0 bridgehead atoms. The Bertz CT molecular complexity index is 965. The monoisotopic (exact) mass is 574 g/mol. The molecule has 5 nitrogen and oxygen atoms in total. The lowest BCUT2D eigenvalue weighted by atomic mass is 9.85. The number of benzene rings is 2. The van der Waals surface area contributed by atoms with Crippen LogP contribution in [0, 0.1) is 5.92 Å². The van der Waals surface area contributed by atoms with Crippen molar-refractivity contribution in [2.75, 3.05) is 33.0 Å². The Hall–Kier alpha value is -1.47. The second-order valence-corrected chi connectivity index (χ2v) is 11.5. The molecule has 1 N–H and O–H groups in total. The van der Waals surface area contributed by atoms with Gasteiger partial charge in [-0.25, -0.2) is 0 Å². The summed E-state index contributed by atoms with van der Waals surface area (Å²) in [6.45, 7) is 11.6. The smallest absolute Gasteiger partial charge is 0.114 e. The molecule has 6 heteroatoms. The van der Waals surface area contributed by atoms with E-state index in [-0.39, 0.29) is 36.9 Å². The van der Waals surface area contributed by atoms with E-state index in [4.69, 9.17) is 30.5 Å². The first-order chi connectivity index (χ1) is 19.5. The molecular weight excluding hydrogens is 524 g/mol. The van der Waals surface area contributed by atoms with Crippen molar-refractivity contribution >= 4 is 11.6 Å². The molecule has 3 rings (SSSR count). The first-order valence-corrected chi connectivity index (χ1v) is 15.8. The average molecular weight is 575 g/mol. The minimum Gasteiger partial charge on any atom is -0.396 e. The predicted molar refractivity (Wildman–Crippen MR) is 163 cm³/mol. The maximum atomic E-state index is 9.23. The third-order valence-electron chi connectivity index (χ3n) is 7.81. The third-order valence-corrected chi connectivity index (χ3v) is 8.17. The zero-order valence-corrected chi connectivity index (χ0v) is 25.8. The summed E-state index contributed by atoms with van der Waals surface area (Å²) >= 11 is 6.72. The second-order valence-electron chi connectivity index (χ2n) is 11.1. The van der Waals surface area contributed by atoms with Crippen molar-refractivity contribution in [3.8, 4) is 0 Å². The van der Waals surface area contributed by atoms with Crippen LogP contribution in [0.25, 0.3) is 0 Å². The lowest BCUT2D eigenvalue weighted by Crippen LogP contribution is -2.53. The van der Waals surface area contributed by atoms with Crippen LogP contribution in [-0.2, 0) is 31.8 Å². The van der Waals surface area contributed by atoms with Crippen LogP contribution in [0.2, 0.25) is 5.02 Å². The molecule has 5 atom stereocenters. The quantitative estimate of drug-likeness (QED) is 0.185. The lowest BCUT2D eigenvalue weighted by molar-refractivity contribution is -0.237. The summed E-state index contributed by atoms with van der Waals surface area (Å²) in [4.78, 5) is 0. The molecule has 0 saturated carbocycles. The van der Waals surface area contributed by atoms with Crippen LogP contribution in [0.5, 0.6) is 0 Å². The molecule has 2 aromatic rings. The molecule has 1 fully saturated rings. The van der Waals surface area contributed by atoms with Gasteiger partial charge >= 0.3 is 0 Å². The highest BCUT2D eigenvalue weighted by atomic mass is 35.5. The van der Waals surface area contributed by atoms with E-state index in [1.807, 2.05) is 6.07 Å². The van der Waals surface area contributed by atoms with Gasteiger partial charge in [-0.1, -0.05) is 95.0 Å². The van der Waals surface area contributed by atoms with E-state index in [0.717, 1.165) is 73.3 Å². The molecule has 1 aliphatic heterocycles. The number of rotatable bonds is 18. The Kier molecular flexibility index (Phi) is 15.0. The molecule has 224 valence electrons. The largest absolute Gasteiger partial charge is 0.396 e. The first-order valence-electron chi connectivity index (χ1n) is 15.5. The molecule has 0 amide bonds. The normalized spacial score (nSPS) is 23.0. The standard InChI is InChI=1S/C34H51ClO5/c1-5-8-19-37-24-31-25(4)32(38-20-9-6-2)34(39-21-10-7-3)33(40-31)28-15-16-30(35)29(23-28)22-27-13-11-26(12-14-27)17-18-36/h11-16,23,25,31-34,36H,5-10,17-22,24H2,1-4H3/t25-,31-,32+,33+,34-/m1/s1. The number of hydrogen-bond donors (Lipinski definition) is 1. The second kappa shape index (κ2) is 18.1. The molecular formula is C34H51ClO5. The minimum atomic E-state index is -0.276. The van der Waals surface area contributed by atoms with Gasteiger partial charge in [0.15, 0.2) is 0 Å². The Morgan fingerprint density at radius 3 is 2.10 bits per heavy atom. The minimum absolute atomic E-state index is 0.0832. The van der Waals surface area contributed by atoms with Gasteiger partial charge < -0.3 is 24.1 Å². The van der Waals surface area contributed by atoms with E-state index in [0.29, 0.717) is 26.2 Å². The lowest BCUT2D eigenvalue weighted by Gasteiger charge is -2.46. The number of unbranched alkanes of at least 4 members (excludes halogenated alkanes) is 3. The van der Waals surface area contributed by atoms with Crippen molar-refractivity contribution in [3.05, 3.63) is 69.7 Å². The fourth-order valence-electron chi connectivity index (χ4n) is 5.21. The Morgan fingerprint density at radius 2 is 1.45 bits per heavy atom. The first kappa shape index (κ1) is 33.0. The van der Waals surface area contributed by atoms with Crippen LogP contribution >= 0.6 is 11.6 Å². The maximum absolute atomic E-state index is 9.23. The highest BCUT2D eigenvalue weighted by Crippen LogP contribution is 2.40. The number of aliphatic hydroxyl groups is 1. The topological polar surface area (TPSA) is 57.2 Å². The zero-order valence-electron chi connectivity index (χ0n) is 25.1. The third kappa shape index (κ3) is 9.82. The predicted octanol–water partition coefficient (Wildman–Crippen LogP) is 7.73. The SMILES string of the molecule is CCCCOC[C@H]1O[C@@H](c2ccc(Cl)c(Cc3ccc(CCO)cc3)c2)[C@H](OCCCC)[C@@H](OCCCC)[C@@H]1C. The zero-order chi connectivity index (χ0) is 28.7. The van der Waals surface area contributed by atoms with E-state index in [1.165, 1.54) is 5.56 Å². The van der Waals surface area contributed by atoms with Gasteiger partial charge in [0.1, 0.15) is 12.2 Å². The number of ether oxygens (including phenoxy) is 4. The number of hydrogen-bond acceptors (Lipinski definition) is 5. The Morgan fingerprint density at radius 1 is 0.825 bits per heavy atom. The van der Waals surface area contributed by atoms with Crippen LogP contribution in [0.1, 0.15) is 94.6 Å². The van der Waals surface area contributed by atoms with Gasteiger partial charge in [-0.15, -0.1) is 0 Å². The maximum Gasteiger partial charge on any atom is 0.114 e. The molecule has 1 aliphatic rings. The van der Waals surface area contributed by atoms with Crippen molar-refractivity contribution in [2.45, 2.75) is 103 Å². The van der Waals surface area contributed by atoms with Crippen molar-refractivity contribution in [3.63, 3.8) is 0 Å². The van der Waals surface area contributed by atoms with Crippen LogP contribution in [0.15, 0.2) is 42.5 Å². The van der Waals surface area contributed by atoms with Gasteiger partial charge in [-0.2, -0.15) is 0 Å². The van der Waals surface area contributed by atoms with Crippen molar-refractivity contribution < 1.29 is 24.1 Å². The van der Waals surface area contributed by atoms with Gasteiger partial charge in [-0.05, 0) is 60.4 Å². The Balaban J connectivity index is 1.89. The summed E-state index contributed by atoms with van der Waals surface area (Å²) in [6, 6.07) is 14.6. The number of aliphatic hydroxyl groups excluding tert-OH is 1. The highest BCUT2D eigenvalue weighted by molar-refractivity contribution is 6.31. The molecule has 0 aromatic heterocycles. The van der Waals surface area contributed by atoms with Crippen molar-refractivity contribution in [2.24, 2.45) is 5.92 Å². The van der Waals surface area contributed by atoms with Gasteiger partial charge in [0.2, 0.25) is 0 Å². The molecule has 1 heterocycles. The highest BCUT2D eigenvalue weighted by Gasteiger charge is 2.46. The molecule has 0 aliphatic carbocycles. The van der Waals surface area contributed by atoms with Crippen LogP contribution in [0.4, 0.5) is 0 Å². The number of halogens is 1. The van der Waals surface area contributed by atoms with E-state index >= 15 is 0 Å². The van der Waals surface area contributed by atoms with E-state index < -0.39 is 0 Å². The van der Waals surface area contributed by atoms with E-state index in [2.05, 4.69) is 64.1 Å². The molecule has 2 aromatic carbocycles. The fraction of sp³-hybridized carbons (Fsp3) is 0.647. The van der Waals surface area contributed by atoms with Crippen molar-refractivity contribution in [1.29, 1.82) is 0 Å². The summed E-state index contributed by atoms with van der Waals surface area (Å²) in [5.41, 5.74) is 4.43. The van der Waals surface area contributed by atoms with Crippen LogP contribution in [-0.4, -0.2) is 56.5 Å². The molecule has 40 heavy (non-hydrogen) atoms. The summed E-state index contributed by atoms with van der Waals surface area (Å²) in [7, 11) is 0. The summed E-state index contributed by atoms with van der Waals surface area (Å²) < 4.78 is 26.0. The van der Waals surface area contributed by atoms with E-state index in [9.17, 15) is 5.11 Å². The average Bonchev–Trinajstić information content (AvgIpc) is 2.96. The molecule has 1 saturated heterocycles. The van der Waals surface area contributed by atoms with Crippen LogP contribution in [0.3, 0.4) is 0 Å². The Labute approximate surface area is 247 Å². The summed E-state index contributed by atoms with van der Waals surface area (Å²) in [5.74, 6) is 0.144. The van der Waals surface area contributed by atoms with Crippen LogP contribution < -0.4 is 0 Å². The van der Waals surface area contributed by atoms with Crippen molar-refractivity contribution in [1.82, 2.24) is 0 Å². The van der Waals surface area contributed by atoms with Gasteiger partial charge in [-0.3, -0.25) is 0 Å². The van der Waals surface area contributed by atoms with Gasteiger partial charge in [0.05, 0.1) is 18.8 Å². The van der Waals surface area contributed by atoms with Gasteiger partial charge in [0, 0.05) is 37.4 Å².